The van der Waals surface area contributed by atoms with Crippen LogP contribution in [-0.2, 0) is 33.2 Å². The third-order valence-electron chi connectivity index (χ3n) is 17.3. The van der Waals surface area contributed by atoms with Crippen LogP contribution in [-0.4, -0.2) is 193 Å². The molecular weight excluding hydrogens is 1090 g/mol. The van der Waals surface area contributed by atoms with Crippen molar-refractivity contribution in [1.82, 2.24) is 5.32 Å². The molecule has 0 aliphatic carbocycles. The van der Waals surface area contributed by atoms with E-state index >= 15 is 0 Å². The Morgan fingerprint density at radius 1 is 0.424 bits per heavy atom. The molecular formula is C66H123NO18. The number of carbonyl (C=O) groups excluding carboxylic acids is 1. The van der Waals surface area contributed by atoms with Crippen molar-refractivity contribution in [3.05, 3.63) is 24.3 Å². The van der Waals surface area contributed by atoms with Gasteiger partial charge in [-0.15, -0.1) is 0 Å². The van der Waals surface area contributed by atoms with Crippen LogP contribution < -0.4 is 5.32 Å². The van der Waals surface area contributed by atoms with Gasteiger partial charge >= 0.3 is 0 Å². The van der Waals surface area contributed by atoms with Crippen molar-refractivity contribution in [1.29, 1.82) is 0 Å². The first-order chi connectivity index (χ1) is 41.3. The molecule has 3 aliphatic heterocycles. The van der Waals surface area contributed by atoms with Crippen LogP contribution in [0.4, 0.5) is 0 Å². The predicted octanol–water partition coefficient (Wildman–Crippen LogP) is 8.27. The molecule has 1 amide bonds. The van der Waals surface area contributed by atoms with Crippen molar-refractivity contribution in [2.75, 3.05) is 26.4 Å². The summed E-state index contributed by atoms with van der Waals surface area (Å²) < 4.78 is 34.4. The molecule has 3 saturated heterocycles. The van der Waals surface area contributed by atoms with Crippen molar-refractivity contribution in [2.45, 2.75) is 362 Å². The van der Waals surface area contributed by atoms with Crippen LogP contribution in [0.3, 0.4) is 0 Å². The second kappa shape index (κ2) is 49.0. The fraction of sp³-hybridized carbons (Fsp3) is 0.924. The Hall–Kier alpha value is -1.73. The Morgan fingerprint density at radius 3 is 1.25 bits per heavy atom. The van der Waals surface area contributed by atoms with Crippen molar-refractivity contribution in [3.63, 3.8) is 0 Å². The minimum atomic E-state index is -1.97. The average molecular weight is 1220 g/mol. The highest BCUT2D eigenvalue weighted by Crippen LogP contribution is 2.33. The van der Waals surface area contributed by atoms with Crippen molar-refractivity contribution in [3.8, 4) is 0 Å². The molecule has 0 aromatic carbocycles. The van der Waals surface area contributed by atoms with Crippen molar-refractivity contribution >= 4 is 5.91 Å². The number of ether oxygens (including phenoxy) is 6. The molecule has 3 fully saturated rings. The molecule has 17 unspecified atom stereocenters. The topological polar surface area (TPSA) is 307 Å². The monoisotopic (exact) mass is 1220 g/mol. The van der Waals surface area contributed by atoms with E-state index in [0.717, 1.165) is 77.0 Å². The summed E-state index contributed by atoms with van der Waals surface area (Å²) in [6.45, 7) is 1.74. The Balaban J connectivity index is 1.40. The highest BCUT2D eigenvalue weighted by molar-refractivity contribution is 5.76. The number of hydrogen-bond donors (Lipinski definition) is 12. The van der Waals surface area contributed by atoms with E-state index in [-0.39, 0.29) is 18.9 Å². The zero-order valence-electron chi connectivity index (χ0n) is 52.6. The summed E-state index contributed by atoms with van der Waals surface area (Å²) in [7, 11) is 0. The second-order valence-electron chi connectivity index (χ2n) is 24.6. The van der Waals surface area contributed by atoms with E-state index in [2.05, 4.69) is 43.5 Å². The van der Waals surface area contributed by atoms with Gasteiger partial charge in [-0.2, -0.15) is 0 Å². The van der Waals surface area contributed by atoms with Gasteiger partial charge < -0.3 is 89.9 Å². The van der Waals surface area contributed by atoms with Gasteiger partial charge in [-0.05, 0) is 38.5 Å². The minimum absolute atomic E-state index is 0.251. The van der Waals surface area contributed by atoms with Crippen LogP contribution in [0.25, 0.3) is 0 Å². The number of hydrogen-bond acceptors (Lipinski definition) is 18. The molecule has 12 N–H and O–H groups in total. The quantitative estimate of drug-likeness (QED) is 0.0201. The molecule has 3 aliphatic rings. The lowest BCUT2D eigenvalue weighted by Gasteiger charge is -2.48. The molecule has 0 saturated carbocycles. The van der Waals surface area contributed by atoms with Crippen LogP contribution in [0.2, 0.25) is 0 Å². The molecule has 0 aromatic rings. The zero-order chi connectivity index (χ0) is 61.9. The van der Waals surface area contributed by atoms with E-state index < -0.39 is 124 Å². The van der Waals surface area contributed by atoms with E-state index in [4.69, 9.17) is 28.4 Å². The first-order valence-electron chi connectivity index (χ1n) is 34.1. The van der Waals surface area contributed by atoms with Gasteiger partial charge in [-0.3, -0.25) is 4.79 Å². The highest BCUT2D eigenvalue weighted by atomic mass is 16.8. The van der Waals surface area contributed by atoms with Crippen molar-refractivity contribution in [2.24, 2.45) is 0 Å². The highest BCUT2D eigenvalue weighted by Gasteiger charge is 2.53. The number of allylic oxidation sites excluding steroid dienone is 4. The van der Waals surface area contributed by atoms with E-state index in [1.807, 2.05) is 0 Å². The first-order valence-corrected chi connectivity index (χ1v) is 34.1. The Bertz CT molecular complexity index is 1640. The number of nitrogens with one attached hydrogen (secondary N) is 1. The third kappa shape index (κ3) is 31.7. The van der Waals surface area contributed by atoms with Crippen LogP contribution >= 0.6 is 0 Å². The predicted molar refractivity (Wildman–Crippen MR) is 328 cm³/mol. The average Bonchev–Trinajstić information content (AvgIpc) is 3.60. The fourth-order valence-corrected chi connectivity index (χ4v) is 11.7. The Morgan fingerprint density at radius 2 is 0.800 bits per heavy atom. The summed E-state index contributed by atoms with van der Waals surface area (Å²) in [6, 6.07) is -0.893. The Labute approximate surface area is 511 Å². The van der Waals surface area contributed by atoms with Crippen LogP contribution in [0.5, 0.6) is 0 Å². The summed E-state index contributed by atoms with van der Waals surface area (Å²) in [4.78, 5) is 13.4. The summed E-state index contributed by atoms with van der Waals surface area (Å²) in [5.41, 5.74) is 0. The Kier molecular flexibility index (Phi) is 44.7. The largest absolute Gasteiger partial charge is 0.394 e. The van der Waals surface area contributed by atoms with Gasteiger partial charge in [-0.1, -0.05) is 237 Å². The number of carbonyl (C=O) groups is 1. The lowest BCUT2D eigenvalue weighted by atomic mass is 9.96. The molecule has 0 bridgehead atoms. The van der Waals surface area contributed by atoms with Gasteiger partial charge in [0.25, 0.3) is 0 Å². The van der Waals surface area contributed by atoms with Crippen molar-refractivity contribution < 1.29 is 89.4 Å². The molecule has 0 aromatic heterocycles. The smallest absolute Gasteiger partial charge is 0.220 e. The maximum absolute atomic E-state index is 13.4. The van der Waals surface area contributed by atoms with Crippen LogP contribution in [0, 0.1) is 0 Å². The molecule has 500 valence electrons. The number of aliphatic hydroxyl groups is 11. The van der Waals surface area contributed by atoms with E-state index in [1.54, 1.807) is 0 Å². The third-order valence-corrected chi connectivity index (χ3v) is 17.3. The lowest BCUT2D eigenvalue weighted by molar-refractivity contribution is -0.379. The van der Waals surface area contributed by atoms with Gasteiger partial charge in [-0.25, -0.2) is 0 Å². The van der Waals surface area contributed by atoms with Gasteiger partial charge in [0.15, 0.2) is 18.9 Å². The molecule has 85 heavy (non-hydrogen) atoms. The van der Waals surface area contributed by atoms with E-state index in [9.17, 15) is 61.0 Å². The number of amides is 1. The van der Waals surface area contributed by atoms with Gasteiger partial charge in [0.1, 0.15) is 73.2 Å². The number of aliphatic hydroxyl groups excluding tert-OH is 11. The molecule has 3 heterocycles. The van der Waals surface area contributed by atoms with Crippen LogP contribution in [0.15, 0.2) is 24.3 Å². The van der Waals surface area contributed by atoms with Crippen LogP contribution in [0.1, 0.15) is 258 Å². The number of unbranched alkanes of at least 4 members (excludes halogenated alkanes) is 32. The maximum Gasteiger partial charge on any atom is 0.220 e. The zero-order valence-corrected chi connectivity index (χ0v) is 52.6. The van der Waals surface area contributed by atoms with Gasteiger partial charge in [0.2, 0.25) is 5.91 Å². The second-order valence-corrected chi connectivity index (χ2v) is 24.6. The summed E-state index contributed by atoms with van der Waals surface area (Å²) in [6.07, 6.45) is 27.0. The SMILES string of the molecule is CCC/C=C\C/C=C\CCCCCCCC(=O)NC(COC1OC(CO)C(OC2OC(CO)C(OC3OC(CO)C(O)C(O)C3O)C(O)C2O)C(O)C1O)C(O)CCCCCCCCCCCCCCCCCCCCCCCCCCCCC. The molecule has 0 spiro atoms. The lowest BCUT2D eigenvalue weighted by Crippen LogP contribution is -2.66. The normalized spacial score (nSPS) is 29.1. The van der Waals surface area contributed by atoms with E-state index in [1.165, 1.54) is 148 Å². The van der Waals surface area contributed by atoms with E-state index in [0.29, 0.717) is 12.8 Å². The molecule has 19 heteroatoms. The standard InChI is InChI=1S/C66H123NO18/c1-3-5-7-9-11-13-15-17-18-19-20-21-22-23-24-25-26-27-28-29-30-32-33-35-37-39-41-43-50(71)49(67-54(72)44-42-40-38-36-34-31-16-14-12-10-8-6-4-2)48-80-64-60(78)57(75)62(52(46-69)82-64)85-66-61(79)58(76)63(53(47-70)83-66)84-65-59(77)56(74)55(73)51(45-68)81-65/h8,10,14,16,49-53,55-66,68-71,73-79H,3-7,9,11-13,15,17-48H2,1-2H3,(H,67,72)/b10-8-,16-14-. The molecule has 3 rings (SSSR count). The summed E-state index contributed by atoms with van der Waals surface area (Å²) in [5.74, 6) is -0.256. The van der Waals surface area contributed by atoms with Gasteiger partial charge in [0.05, 0.1) is 38.6 Å². The number of rotatable bonds is 52. The first kappa shape index (κ1) is 77.5. The molecule has 0 radical (unpaired) electrons. The molecule has 19 nitrogen and oxygen atoms in total. The van der Waals surface area contributed by atoms with Gasteiger partial charge in [0, 0.05) is 6.42 Å². The fourth-order valence-electron chi connectivity index (χ4n) is 11.7. The summed E-state index contributed by atoms with van der Waals surface area (Å²) in [5, 5.41) is 120. The summed E-state index contributed by atoms with van der Waals surface area (Å²) >= 11 is 0. The maximum atomic E-state index is 13.4. The molecule has 17 atom stereocenters. The minimum Gasteiger partial charge on any atom is -0.394 e.